The van der Waals surface area contributed by atoms with E-state index < -0.39 is 0 Å². The van der Waals surface area contributed by atoms with Gasteiger partial charge in [-0.25, -0.2) is 4.98 Å². The first kappa shape index (κ1) is 23.8. The average molecular weight is 436 g/mol. The van der Waals surface area contributed by atoms with Crippen LogP contribution in [0.2, 0.25) is 0 Å². The summed E-state index contributed by atoms with van der Waals surface area (Å²) in [5.74, 6) is 2.37. The molecular formula is C27H37N3O2. The van der Waals surface area contributed by atoms with E-state index in [4.69, 9.17) is 9.72 Å². The summed E-state index contributed by atoms with van der Waals surface area (Å²) in [5, 5.41) is 3.10. The van der Waals surface area contributed by atoms with Crippen LogP contribution >= 0.6 is 0 Å². The molecule has 0 aliphatic heterocycles. The lowest BCUT2D eigenvalue weighted by atomic mass is 10.0. The van der Waals surface area contributed by atoms with Gasteiger partial charge in [-0.05, 0) is 62.8 Å². The second-order valence-electron chi connectivity index (χ2n) is 8.40. The molecule has 172 valence electrons. The summed E-state index contributed by atoms with van der Waals surface area (Å²) in [4.78, 5) is 17.1. The first-order valence-electron chi connectivity index (χ1n) is 12.0. The fraction of sp³-hybridized carbons (Fsp3) is 0.481. The Morgan fingerprint density at radius 3 is 2.56 bits per heavy atom. The summed E-state index contributed by atoms with van der Waals surface area (Å²) in [6, 6.07) is 16.5. The zero-order valence-electron chi connectivity index (χ0n) is 19.8. The van der Waals surface area contributed by atoms with Crippen LogP contribution in [0.5, 0.6) is 5.75 Å². The van der Waals surface area contributed by atoms with Gasteiger partial charge < -0.3 is 14.6 Å². The highest BCUT2D eigenvalue weighted by Gasteiger charge is 2.14. The molecule has 1 heterocycles. The molecule has 2 aromatic carbocycles. The Kier molecular flexibility index (Phi) is 9.14. The molecule has 3 rings (SSSR count). The molecule has 5 heteroatoms. The summed E-state index contributed by atoms with van der Waals surface area (Å²) in [6.07, 6.45) is 5.57. The lowest BCUT2D eigenvalue weighted by Crippen LogP contribution is -2.31. The molecule has 0 saturated heterocycles. The topological polar surface area (TPSA) is 56.2 Å². The summed E-state index contributed by atoms with van der Waals surface area (Å²) >= 11 is 0. The number of hydrogen-bond donors (Lipinski definition) is 1. The van der Waals surface area contributed by atoms with Crippen LogP contribution in [-0.2, 0) is 17.8 Å². The van der Waals surface area contributed by atoms with Crippen LogP contribution in [0.4, 0.5) is 0 Å². The van der Waals surface area contributed by atoms with Crippen LogP contribution in [-0.4, -0.2) is 28.6 Å². The van der Waals surface area contributed by atoms with Gasteiger partial charge in [0.2, 0.25) is 5.91 Å². The second-order valence-corrected chi connectivity index (χ2v) is 8.40. The van der Waals surface area contributed by atoms with E-state index >= 15 is 0 Å². The number of benzene rings is 2. The van der Waals surface area contributed by atoms with Crippen LogP contribution in [0.15, 0.2) is 48.5 Å². The van der Waals surface area contributed by atoms with Crippen LogP contribution in [0.1, 0.15) is 57.3 Å². The molecule has 0 saturated carbocycles. The Hall–Kier alpha value is -2.82. The van der Waals surface area contributed by atoms with Gasteiger partial charge in [0.15, 0.2) is 0 Å². The van der Waals surface area contributed by atoms with Crippen LogP contribution in [0, 0.1) is 12.8 Å². The summed E-state index contributed by atoms with van der Waals surface area (Å²) in [7, 11) is 0. The lowest BCUT2D eigenvalue weighted by molar-refractivity contribution is -0.125. The first-order valence-corrected chi connectivity index (χ1v) is 12.0. The number of imidazole rings is 1. The van der Waals surface area contributed by atoms with Gasteiger partial charge in [0, 0.05) is 25.4 Å². The fourth-order valence-electron chi connectivity index (χ4n) is 4.10. The van der Waals surface area contributed by atoms with Crippen molar-refractivity contribution in [1.29, 1.82) is 0 Å². The maximum Gasteiger partial charge on any atom is 0.223 e. The molecule has 1 N–H and O–H groups in total. The minimum Gasteiger partial charge on any atom is -0.493 e. The van der Waals surface area contributed by atoms with Gasteiger partial charge in [-0.1, -0.05) is 44.2 Å². The van der Waals surface area contributed by atoms with E-state index in [1.54, 1.807) is 0 Å². The molecule has 32 heavy (non-hydrogen) atoms. The second kappa shape index (κ2) is 12.3. The third kappa shape index (κ3) is 6.35. The Balaban J connectivity index is 1.52. The summed E-state index contributed by atoms with van der Waals surface area (Å²) in [5.41, 5.74) is 3.40. The van der Waals surface area contributed by atoms with Gasteiger partial charge in [-0.15, -0.1) is 0 Å². The fourth-order valence-corrected chi connectivity index (χ4v) is 4.10. The van der Waals surface area contributed by atoms with E-state index in [2.05, 4.69) is 54.9 Å². The van der Waals surface area contributed by atoms with Crippen molar-refractivity contribution in [2.45, 2.75) is 65.8 Å². The summed E-state index contributed by atoms with van der Waals surface area (Å²) < 4.78 is 8.29. The van der Waals surface area contributed by atoms with Crippen molar-refractivity contribution >= 4 is 16.9 Å². The number of rotatable bonds is 13. The predicted octanol–water partition coefficient (Wildman–Crippen LogP) is 5.69. The zero-order valence-corrected chi connectivity index (χ0v) is 19.8. The first-order chi connectivity index (χ1) is 15.6. The van der Waals surface area contributed by atoms with Crippen molar-refractivity contribution in [1.82, 2.24) is 14.9 Å². The molecule has 0 fully saturated rings. The van der Waals surface area contributed by atoms with E-state index in [0.717, 1.165) is 68.8 Å². The third-order valence-electron chi connectivity index (χ3n) is 6.09. The number of para-hydroxylation sites is 3. The molecule has 0 bridgehead atoms. The highest BCUT2D eigenvalue weighted by molar-refractivity contribution is 5.78. The van der Waals surface area contributed by atoms with E-state index in [1.807, 2.05) is 24.3 Å². The molecule has 0 atom stereocenters. The molecule has 1 amide bonds. The smallest absolute Gasteiger partial charge is 0.223 e. The van der Waals surface area contributed by atoms with Crippen LogP contribution in [0.3, 0.4) is 0 Å². The van der Waals surface area contributed by atoms with Crippen LogP contribution < -0.4 is 10.1 Å². The zero-order chi connectivity index (χ0) is 22.8. The number of amides is 1. The van der Waals surface area contributed by atoms with Gasteiger partial charge >= 0.3 is 0 Å². The molecule has 0 unspecified atom stereocenters. The van der Waals surface area contributed by atoms with Gasteiger partial charge in [-0.3, -0.25) is 4.79 Å². The van der Waals surface area contributed by atoms with Crippen molar-refractivity contribution in [2.24, 2.45) is 5.92 Å². The standard InChI is InChI=1S/C27H37N3O2/c1-4-22(5-2)27(31)28-18-12-17-26-29-23-14-7-8-15-24(23)30(26)19-10-11-20-32-25-16-9-6-13-21(25)3/h6-9,13-16,22H,4-5,10-12,17-20H2,1-3H3,(H,28,31). The number of carbonyl (C=O) groups excluding carboxylic acids is 1. The van der Waals surface area contributed by atoms with Gasteiger partial charge in [0.05, 0.1) is 17.6 Å². The minimum absolute atomic E-state index is 0.126. The molecule has 5 nitrogen and oxygen atoms in total. The molecular weight excluding hydrogens is 398 g/mol. The normalized spacial score (nSPS) is 11.2. The summed E-state index contributed by atoms with van der Waals surface area (Å²) in [6.45, 7) is 8.56. The molecule has 0 aliphatic carbocycles. The van der Waals surface area contributed by atoms with Crippen molar-refractivity contribution in [3.8, 4) is 5.75 Å². The Bertz CT molecular complexity index is 991. The highest BCUT2D eigenvalue weighted by atomic mass is 16.5. The Labute approximate surface area is 192 Å². The maximum absolute atomic E-state index is 12.2. The predicted molar refractivity (Wildman–Crippen MR) is 131 cm³/mol. The van der Waals surface area contributed by atoms with Gasteiger partial charge in [-0.2, -0.15) is 0 Å². The third-order valence-corrected chi connectivity index (χ3v) is 6.09. The number of nitrogens with zero attached hydrogens (tertiary/aromatic N) is 2. The number of ether oxygens (including phenoxy) is 1. The van der Waals surface area contributed by atoms with E-state index in [-0.39, 0.29) is 11.8 Å². The monoisotopic (exact) mass is 435 g/mol. The van der Waals surface area contributed by atoms with E-state index in [0.29, 0.717) is 6.54 Å². The highest BCUT2D eigenvalue weighted by Crippen LogP contribution is 2.19. The quantitative estimate of drug-likeness (QED) is 0.351. The molecule has 0 spiro atoms. The number of carbonyl (C=O) groups is 1. The number of unbranched alkanes of at least 4 members (excludes halogenated alkanes) is 1. The van der Waals surface area contributed by atoms with Crippen LogP contribution in [0.25, 0.3) is 11.0 Å². The van der Waals surface area contributed by atoms with Crippen molar-refractivity contribution in [3.63, 3.8) is 0 Å². The van der Waals surface area contributed by atoms with Crippen molar-refractivity contribution in [2.75, 3.05) is 13.2 Å². The molecule has 1 aromatic heterocycles. The Morgan fingerprint density at radius 2 is 1.78 bits per heavy atom. The number of aromatic nitrogens is 2. The molecule has 3 aromatic rings. The van der Waals surface area contributed by atoms with Gasteiger partial charge in [0.1, 0.15) is 11.6 Å². The molecule has 0 aliphatic rings. The SMILES string of the molecule is CCC(CC)C(=O)NCCCc1nc2ccccc2n1CCCCOc1ccccc1C. The number of nitrogens with one attached hydrogen (secondary N) is 1. The number of aryl methyl sites for hydroxylation is 3. The maximum atomic E-state index is 12.2. The molecule has 0 radical (unpaired) electrons. The minimum atomic E-state index is 0.126. The Morgan fingerprint density at radius 1 is 1.03 bits per heavy atom. The van der Waals surface area contributed by atoms with E-state index in [1.165, 1.54) is 11.1 Å². The van der Waals surface area contributed by atoms with Crippen molar-refractivity contribution in [3.05, 3.63) is 59.9 Å². The van der Waals surface area contributed by atoms with E-state index in [9.17, 15) is 4.79 Å². The van der Waals surface area contributed by atoms with Crippen molar-refractivity contribution < 1.29 is 9.53 Å². The van der Waals surface area contributed by atoms with Gasteiger partial charge in [0.25, 0.3) is 0 Å². The largest absolute Gasteiger partial charge is 0.493 e. The number of fused-ring (bicyclic) bond motifs is 1. The lowest BCUT2D eigenvalue weighted by Gasteiger charge is -2.13. The average Bonchev–Trinajstić information content (AvgIpc) is 3.16. The number of hydrogen-bond acceptors (Lipinski definition) is 3.